The fourth-order valence-corrected chi connectivity index (χ4v) is 3.08. The van der Waals surface area contributed by atoms with Gasteiger partial charge in [-0.25, -0.2) is 9.18 Å². The van der Waals surface area contributed by atoms with Crippen molar-refractivity contribution in [3.63, 3.8) is 0 Å². The van der Waals surface area contributed by atoms with Crippen LogP contribution in [0.4, 0.5) is 14.5 Å². The molecule has 1 aliphatic heterocycles. The number of fused-ring (bicyclic) bond motifs is 2. The van der Waals surface area contributed by atoms with Gasteiger partial charge >= 0.3 is 5.97 Å². The van der Waals surface area contributed by atoms with Crippen molar-refractivity contribution in [3.8, 4) is 0 Å². The van der Waals surface area contributed by atoms with Gasteiger partial charge in [-0.3, -0.25) is 4.79 Å². The summed E-state index contributed by atoms with van der Waals surface area (Å²) >= 11 is 0.672. The van der Waals surface area contributed by atoms with Gasteiger partial charge in [0.25, 0.3) is 5.91 Å². The number of anilines is 1. The van der Waals surface area contributed by atoms with E-state index in [1.807, 2.05) is 0 Å². The first-order chi connectivity index (χ1) is 9.95. The average molecular weight is 307 g/mol. The third-order valence-electron chi connectivity index (χ3n) is 2.98. The van der Waals surface area contributed by atoms with Crippen LogP contribution in [0.5, 0.6) is 0 Å². The SMILES string of the molecule is O=C(O)/C=C1/c2ccc(F)cc2NC(=O)c2cc(F)sc21. The Morgan fingerprint density at radius 3 is 2.71 bits per heavy atom. The molecule has 1 aromatic carbocycles. The molecule has 0 unspecified atom stereocenters. The molecular formula is C14H7F2NO3S. The molecule has 2 aromatic rings. The number of nitrogens with one attached hydrogen (secondary N) is 1. The van der Waals surface area contributed by atoms with Gasteiger partial charge in [-0.15, -0.1) is 11.3 Å². The maximum absolute atomic E-state index is 13.5. The van der Waals surface area contributed by atoms with Gasteiger partial charge in [0.2, 0.25) is 0 Å². The number of hydrogen-bond donors (Lipinski definition) is 2. The number of carboxylic acids is 1. The average Bonchev–Trinajstić information content (AvgIpc) is 2.74. The highest BCUT2D eigenvalue weighted by Crippen LogP contribution is 2.39. The fraction of sp³-hybridized carbons (Fsp3) is 0. The first kappa shape index (κ1) is 13.4. The molecule has 1 amide bonds. The number of benzene rings is 1. The molecule has 0 saturated carbocycles. The molecule has 7 heteroatoms. The monoisotopic (exact) mass is 307 g/mol. The minimum atomic E-state index is -1.24. The summed E-state index contributed by atoms with van der Waals surface area (Å²) in [5.41, 5.74) is 0.672. The van der Waals surface area contributed by atoms with Gasteiger partial charge in [0.1, 0.15) is 5.82 Å². The van der Waals surface area contributed by atoms with Gasteiger partial charge < -0.3 is 10.4 Å². The first-order valence-electron chi connectivity index (χ1n) is 5.81. The lowest BCUT2D eigenvalue weighted by atomic mass is 10.0. The Bertz CT molecular complexity index is 811. The van der Waals surface area contributed by atoms with Crippen molar-refractivity contribution in [3.05, 3.63) is 57.3 Å². The third kappa shape index (κ3) is 2.31. The summed E-state index contributed by atoms with van der Waals surface area (Å²) in [7, 11) is 0. The van der Waals surface area contributed by atoms with E-state index in [0.29, 0.717) is 16.9 Å². The van der Waals surface area contributed by atoms with Crippen molar-refractivity contribution in [2.45, 2.75) is 0 Å². The number of carbonyl (C=O) groups excluding carboxylic acids is 1. The summed E-state index contributed by atoms with van der Waals surface area (Å²) in [6, 6.07) is 4.63. The molecule has 106 valence electrons. The molecule has 2 N–H and O–H groups in total. The molecule has 0 bridgehead atoms. The molecule has 21 heavy (non-hydrogen) atoms. The molecule has 0 atom stereocenters. The fourth-order valence-electron chi connectivity index (χ4n) is 2.16. The van der Waals surface area contributed by atoms with Crippen LogP contribution in [0.1, 0.15) is 20.8 Å². The smallest absolute Gasteiger partial charge is 0.328 e. The normalized spacial score (nSPS) is 15.1. The molecule has 3 rings (SSSR count). The lowest BCUT2D eigenvalue weighted by Gasteiger charge is -2.08. The highest BCUT2D eigenvalue weighted by Gasteiger charge is 2.27. The second kappa shape index (κ2) is 4.78. The van der Waals surface area contributed by atoms with Gasteiger partial charge in [-0.1, -0.05) is 0 Å². The second-order valence-corrected chi connectivity index (χ2v) is 5.34. The highest BCUT2D eigenvalue weighted by atomic mass is 32.1. The van der Waals surface area contributed by atoms with Gasteiger partial charge in [-0.05, 0) is 24.3 Å². The lowest BCUT2D eigenvalue weighted by Crippen LogP contribution is -2.10. The van der Waals surface area contributed by atoms with Crippen LogP contribution in [0.2, 0.25) is 0 Å². The van der Waals surface area contributed by atoms with E-state index in [1.54, 1.807) is 0 Å². The van der Waals surface area contributed by atoms with Crippen molar-refractivity contribution in [2.24, 2.45) is 0 Å². The van der Waals surface area contributed by atoms with Gasteiger partial charge in [0.15, 0.2) is 5.13 Å². The zero-order valence-corrected chi connectivity index (χ0v) is 11.1. The maximum atomic E-state index is 13.5. The molecule has 0 saturated heterocycles. The Morgan fingerprint density at radius 2 is 2.00 bits per heavy atom. The zero-order chi connectivity index (χ0) is 15.1. The standard InChI is InChI=1S/C14H7F2NO3S/c15-6-1-2-7-8(5-12(18)19)13-9(4-11(16)21-13)14(20)17-10(7)3-6/h1-5H,(H,17,20)(H,18,19)/b8-5-. The van der Waals surface area contributed by atoms with E-state index in [-0.39, 0.29) is 21.7 Å². The second-order valence-electron chi connectivity index (χ2n) is 4.33. The van der Waals surface area contributed by atoms with Gasteiger partial charge in [0.05, 0.1) is 16.1 Å². The number of carbonyl (C=O) groups is 2. The van der Waals surface area contributed by atoms with Crippen LogP contribution in [0.25, 0.3) is 5.57 Å². The van der Waals surface area contributed by atoms with E-state index in [1.165, 1.54) is 6.07 Å². The molecule has 0 spiro atoms. The summed E-state index contributed by atoms with van der Waals surface area (Å²) < 4.78 is 26.8. The summed E-state index contributed by atoms with van der Waals surface area (Å²) in [4.78, 5) is 23.3. The Hall–Kier alpha value is -2.54. The number of amides is 1. The third-order valence-corrected chi connectivity index (χ3v) is 3.94. The van der Waals surface area contributed by atoms with Crippen molar-refractivity contribution in [1.29, 1.82) is 0 Å². The zero-order valence-electron chi connectivity index (χ0n) is 10.3. The van der Waals surface area contributed by atoms with Crippen molar-refractivity contribution >= 4 is 34.5 Å². The molecule has 0 aliphatic carbocycles. The predicted molar refractivity (Wildman–Crippen MR) is 73.3 cm³/mol. The van der Waals surface area contributed by atoms with Crippen LogP contribution in [0.15, 0.2) is 30.3 Å². The molecule has 2 heterocycles. The number of carboxylic acid groups (broad SMARTS) is 1. The van der Waals surface area contributed by atoms with Gasteiger partial charge in [-0.2, -0.15) is 4.39 Å². The van der Waals surface area contributed by atoms with E-state index < -0.39 is 22.8 Å². The van der Waals surface area contributed by atoms with E-state index in [2.05, 4.69) is 5.32 Å². The lowest BCUT2D eigenvalue weighted by molar-refractivity contribution is -0.131. The van der Waals surface area contributed by atoms with Crippen LogP contribution in [-0.2, 0) is 4.79 Å². The predicted octanol–water partition coefficient (Wildman–Crippen LogP) is 3.11. The molecule has 1 aromatic heterocycles. The van der Waals surface area contributed by atoms with Gasteiger partial charge in [0, 0.05) is 17.2 Å². The number of rotatable bonds is 1. The topological polar surface area (TPSA) is 66.4 Å². The largest absolute Gasteiger partial charge is 0.478 e. The summed E-state index contributed by atoms with van der Waals surface area (Å²) in [6.07, 6.45) is 0.881. The quantitative estimate of drug-likeness (QED) is 0.796. The number of aliphatic carboxylic acids is 1. The van der Waals surface area contributed by atoms with E-state index in [0.717, 1.165) is 24.3 Å². The van der Waals surface area contributed by atoms with Crippen molar-refractivity contribution in [2.75, 3.05) is 5.32 Å². The summed E-state index contributed by atoms with van der Waals surface area (Å²) in [6.45, 7) is 0. The number of halogens is 2. The van der Waals surface area contributed by atoms with E-state index >= 15 is 0 Å². The molecule has 1 aliphatic rings. The molecular weight excluding hydrogens is 300 g/mol. The highest BCUT2D eigenvalue weighted by molar-refractivity contribution is 7.12. The first-order valence-corrected chi connectivity index (χ1v) is 6.63. The number of hydrogen-bond acceptors (Lipinski definition) is 3. The van der Waals surface area contributed by atoms with E-state index in [4.69, 9.17) is 5.11 Å². The van der Waals surface area contributed by atoms with E-state index in [9.17, 15) is 18.4 Å². The Morgan fingerprint density at radius 1 is 1.24 bits per heavy atom. The minimum absolute atomic E-state index is 0.0293. The van der Waals surface area contributed by atoms with Crippen molar-refractivity contribution < 1.29 is 23.5 Å². The van der Waals surface area contributed by atoms with Crippen molar-refractivity contribution in [1.82, 2.24) is 0 Å². The Kier molecular flexibility index (Phi) is 3.06. The molecule has 0 radical (unpaired) electrons. The van der Waals surface area contributed by atoms with Crippen LogP contribution in [0, 0.1) is 10.9 Å². The van der Waals surface area contributed by atoms with Crippen LogP contribution in [-0.4, -0.2) is 17.0 Å². The number of thiophene rings is 1. The Labute approximate surface area is 121 Å². The summed E-state index contributed by atoms with van der Waals surface area (Å²) in [5.74, 6) is -2.42. The minimum Gasteiger partial charge on any atom is -0.478 e. The maximum Gasteiger partial charge on any atom is 0.328 e. The molecule has 4 nitrogen and oxygen atoms in total. The molecule has 0 fully saturated rings. The van der Waals surface area contributed by atoms with Crippen LogP contribution in [0.3, 0.4) is 0 Å². The van der Waals surface area contributed by atoms with Crippen LogP contribution >= 0.6 is 11.3 Å². The Balaban J connectivity index is 2.34. The summed E-state index contributed by atoms with van der Waals surface area (Å²) in [5, 5.41) is 10.9. The van der Waals surface area contributed by atoms with Crippen LogP contribution < -0.4 is 5.32 Å².